The predicted octanol–water partition coefficient (Wildman–Crippen LogP) is 4.62. The van der Waals surface area contributed by atoms with Crippen molar-refractivity contribution in [1.82, 2.24) is 0 Å². The maximum absolute atomic E-state index is 12.5. The lowest BCUT2D eigenvalue weighted by Gasteiger charge is -2.10. The molecule has 0 radical (unpaired) electrons. The van der Waals surface area contributed by atoms with E-state index < -0.39 is 0 Å². The number of hydrogen-bond donors (Lipinski definition) is 0. The molecule has 0 saturated carbocycles. The standard InChI is InChI=1S/C17H17IO2/c1-11(2)20-14-9-7-13(8-10-14)17(19)15-6-4-5-12(3)16(15)18/h4-11H,1-3H3. The third kappa shape index (κ3) is 3.39. The highest BCUT2D eigenvalue weighted by Gasteiger charge is 2.13. The van der Waals surface area contributed by atoms with Gasteiger partial charge in [-0.05, 0) is 79.3 Å². The van der Waals surface area contributed by atoms with Gasteiger partial charge in [0.05, 0.1) is 6.10 Å². The molecule has 0 spiro atoms. The molecule has 2 aromatic rings. The molecule has 0 atom stereocenters. The minimum atomic E-state index is 0.0502. The molecule has 2 aromatic carbocycles. The van der Waals surface area contributed by atoms with Crippen LogP contribution in [-0.4, -0.2) is 11.9 Å². The minimum Gasteiger partial charge on any atom is -0.491 e. The number of ketones is 1. The van der Waals surface area contributed by atoms with Crippen LogP contribution in [0.1, 0.15) is 35.3 Å². The molecule has 2 nitrogen and oxygen atoms in total. The second kappa shape index (κ2) is 6.39. The SMILES string of the molecule is Cc1cccc(C(=O)c2ccc(OC(C)C)cc2)c1I. The number of ether oxygens (including phenoxy) is 1. The number of halogens is 1. The van der Waals surface area contributed by atoms with E-state index in [1.807, 2.05) is 63.2 Å². The van der Waals surface area contributed by atoms with Gasteiger partial charge in [0.15, 0.2) is 5.78 Å². The number of carbonyl (C=O) groups is 1. The molecule has 0 aromatic heterocycles. The molecule has 0 N–H and O–H groups in total. The van der Waals surface area contributed by atoms with Crippen LogP contribution in [0.4, 0.5) is 0 Å². The van der Waals surface area contributed by atoms with Crippen molar-refractivity contribution in [2.24, 2.45) is 0 Å². The number of carbonyl (C=O) groups excluding carboxylic acids is 1. The van der Waals surface area contributed by atoms with E-state index in [-0.39, 0.29) is 11.9 Å². The quantitative estimate of drug-likeness (QED) is 0.572. The summed E-state index contributed by atoms with van der Waals surface area (Å²) in [5.74, 6) is 0.838. The van der Waals surface area contributed by atoms with Gasteiger partial charge in [0, 0.05) is 14.7 Å². The number of aryl methyl sites for hydroxylation is 1. The zero-order valence-corrected chi connectivity index (χ0v) is 14.0. The molecule has 0 fully saturated rings. The van der Waals surface area contributed by atoms with Crippen molar-refractivity contribution in [3.8, 4) is 5.75 Å². The first kappa shape index (κ1) is 15.0. The van der Waals surface area contributed by atoms with Gasteiger partial charge in [-0.2, -0.15) is 0 Å². The van der Waals surface area contributed by atoms with Gasteiger partial charge in [-0.1, -0.05) is 12.1 Å². The van der Waals surface area contributed by atoms with Crippen LogP contribution in [0.15, 0.2) is 42.5 Å². The molecule has 104 valence electrons. The molecule has 20 heavy (non-hydrogen) atoms. The summed E-state index contributed by atoms with van der Waals surface area (Å²) in [6, 6.07) is 13.1. The normalized spacial score (nSPS) is 10.7. The van der Waals surface area contributed by atoms with Crippen molar-refractivity contribution in [3.05, 3.63) is 62.7 Å². The predicted molar refractivity (Wildman–Crippen MR) is 89.5 cm³/mol. The summed E-state index contributed by atoms with van der Waals surface area (Å²) in [4.78, 5) is 12.5. The van der Waals surface area contributed by atoms with E-state index in [4.69, 9.17) is 4.74 Å². The molecule has 2 rings (SSSR count). The average molecular weight is 380 g/mol. The van der Waals surface area contributed by atoms with E-state index in [2.05, 4.69) is 22.6 Å². The summed E-state index contributed by atoms with van der Waals surface area (Å²) < 4.78 is 6.60. The first-order valence-electron chi connectivity index (χ1n) is 6.55. The summed E-state index contributed by atoms with van der Waals surface area (Å²) in [7, 11) is 0. The highest BCUT2D eigenvalue weighted by atomic mass is 127. The third-order valence-electron chi connectivity index (χ3n) is 2.92. The van der Waals surface area contributed by atoms with Crippen LogP contribution in [-0.2, 0) is 0 Å². The van der Waals surface area contributed by atoms with Crippen LogP contribution in [0, 0.1) is 10.5 Å². The Kier molecular flexibility index (Phi) is 4.81. The van der Waals surface area contributed by atoms with Gasteiger partial charge < -0.3 is 4.74 Å². The molecule has 0 heterocycles. The lowest BCUT2D eigenvalue weighted by molar-refractivity contribution is 0.103. The van der Waals surface area contributed by atoms with Crippen molar-refractivity contribution < 1.29 is 9.53 Å². The fourth-order valence-corrected chi connectivity index (χ4v) is 2.54. The Labute approximate surface area is 133 Å². The van der Waals surface area contributed by atoms with E-state index >= 15 is 0 Å². The van der Waals surface area contributed by atoms with Gasteiger partial charge in [-0.15, -0.1) is 0 Å². The summed E-state index contributed by atoms with van der Waals surface area (Å²) in [5.41, 5.74) is 2.56. The summed E-state index contributed by atoms with van der Waals surface area (Å²) in [6.45, 7) is 5.97. The molecule has 3 heteroatoms. The molecular formula is C17H17IO2. The Morgan fingerprint density at radius 3 is 2.35 bits per heavy atom. The van der Waals surface area contributed by atoms with Gasteiger partial charge >= 0.3 is 0 Å². The summed E-state index contributed by atoms with van der Waals surface area (Å²) in [5, 5.41) is 0. The maximum atomic E-state index is 12.5. The first-order valence-corrected chi connectivity index (χ1v) is 7.63. The van der Waals surface area contributed by atoms with Crippen molar-refractivity contribution in [2.75, 3.05) is 0 Å². The largest absolute Gasteiger partial charge is 0.491 e. The smallest absolute Gasteiger partial charge is 0.194 e. The monoisotopic (exact) mass is 380 g/mol. The second-order valence-electron chi connectivity index (χ2n) is 4.96. The Morgan fingerprint density at radius 1 is 1.10 bits per heavy atom. The van der Waals surface area contributed by atoms with Crippen molar-refractivity contribution >= 4 is 28.4 Å². The fourth-order valence-electron chi connectivity index (χ4n) is 1.94. The molecule has 0 bridgehead atoms. The van der Waals surface area contributed by atoms with Crippen molar-refractivity contribution in [1.29, 1.82) is 0 Å². The van der Waals surface area contributed by atoms with Crippen LogP contribution < -0.4 is 4.74 Å². The molecule has 0 aliphatic heterocycles. The number of hydrogen-bond acceptors (Lipinski definition) is 2. The lowest BCUT2D eigenvalue weighted by Crippen LogP contribution is -2.07. The molecule has 0 unspecified atom stereocenters. The van der Waals surface area contributed by atoms with Crippen molar-refractivity contribution in [2.45, 2.75) is 26.9 Å². The lowest BCUT2D eigenvalue weighted by atomic mass is 10.0. The zero-order valence-electron chi connectivity index (χ0n) is 11.8. The first-order chi connectivity index (χ1) is 9.49. The highest BCUT2D eigenvalue weighted by Crippen LogP contribution is 2.21. The van der Waals surface area contributed by atoms with Crippen LogP contribution in [0.5, 0.6) is 5.75 Å². The van der Waals surface area contributed by atoms with Crippen LogP contribution >= 0.6 is 22.6 Å². The fraction of sp³-hybridized carbons (Fsp3) is 0.235. The molecule has 0 aliphatic rings. The minimum absolute atomic E-state index is 0.0502. The van der Waals surface area contributed by atoms with E-state index in [1.54, 1.807) is 0 Å². The van der Waals surface area contributed by atoms with Crippen LogP contribution in [0.2, 0.25) is 0 Å². The average Bonchev–Trinajstić information content (AvgIpc) is 2.41. The number of benzene rings is 2. The van der Waals surface area contributed by atoms with Gasteiger partial charge in [-0.3, -0.25) is 4.79 Å². The Hall–Kier alpha value is -1.36. The molecular weight excluding hydrogens is 363 g/mol. The van der Waals surface area contributed by atoms with Gasteiger partial charge in [0.2, 0.25) is 0 Å². The Bertz CT molecular complexity index is 615. The van der Waals surface area contributed by atoms with Gasteiger partial charge in [0.1, 0.15) is 5.75 Å². The van der Waals surface area contributed by atoms with Gasteiger partial charge in [-0.25, -0.2) is 0 Å². The molecule has 0 aliphatic carbocycles. The van der Waals surface area contributed by atoms with Gasteiger partial charge in [0.25, 0.3) is 0 Å². The van der Waals surface area contributed by atoms with Crippen LogP contribution in [0.3, 0.4) is 0 Å². The Morgan fingerprint density at radius 2 is 1.75 bits per heavy atom. The zero-order chi connectivity index (χ0) is 14.7. The van der Waals surface area contributed by atoms with Crippen molar-refractivity contribution in [3.63, 3.8) is 0 Å². The molecule has 0 saturated heterocycles. The van der Waals surface area contributed by atoms with E-state index in [9.17, 15) is 4.79 Å². The van der Waals surface area contributed by atoms with E-state index in [0.717, 1.165) is 20.4 Å². The summed E-state index contributed by atoms with van der Waals surface area (Å²) in [6.07, 6.45) is 0.134. The Balaban J connectivity index is 2.27. The number of rotatable bonds is 4. The van der Waals surface area contributed by atoms with Crippen LogP contribution in [0.25, 0.3) is 0 Å². The maximum Gasteiger partial charge on any atom is 0.194 e. The van der Waals surface area contributed by atoms with E-state index in [0.29, 0.717) is 5.56 Å². The second-order valence-corrected chi connectivity index (χ2v) is 6.04. The molecule has 0 amide bonds. The third-order valence-corrected chi connectivity index (χ3v) is 4.36. The topological polar surface area (TPSA) is 26.3 Å². The van der Waals surface area contributed by atoms with E-state index in [1.165, 1.54) is 0 Å². The highest BCUT2D eigenvalue weighted by molar-refractivity contribution is 14.1. The summed E-state index contributed by atoms with van der Waals surface area (Å²) >= 11 is 2.22.